The summed E-state index contributed by atoms with van der Waals surface area (Å²) in [6.07, 6.45) is 3.07. The molecule has 0 N–H and O–H groups in total. The molecular formula is C21H17N5O2S. The summed E-state index contributed by atoms with van der Waals surface area (Å²) < 4.78 is 0. The predicted octanol–water partition coefficient (Wildman–Crippen LogP) is 4.72. The maximum Gasteiger partial charge on any atom is 0.343 e. The van der Waals surface area contributed by atoms with Crippen molar-refractivity contribution in [2.75, 3.05) is 11.9 Å². The first-order valence-corrected chi connectivity index (χ1v) is 9.71. The number of para-hydroxylation sites is 1. The Morgan fingerprint density at radius 1 is 1.00 bits per heavy atom. The van der Waals surface area contributed by atoms with Crippen LogP contribution in [0, 0.1) is 10.1 Å². The highest BCUT2D eigenvalue weighted by atomic mass is 32.2. The number of pyridine rings is 1. The molecule has 0 unspecified atom stereocenters. The van der Waals surface area contributed by atoms with Gasteiger partial charge in [0.05, 0.1) is 10.4 Å². The Morgan fingerprint density at radius 3 is 2.59 bits per heavy atom. The van der Waals surface area contributed by atoms with Crippen molar-refractivity contribution in [1.29, 1.82) is 0 Å². The first kappa shape index (κ1) is 18.8. The summed E-state index contributed by atoms with van der Waals surface area (Å²) in [5.74, 6) is 0.282. The molecule has 0 saturated heterocycles. The van der Waals surface area contributed by atoms with Crippen molar-refractivity contribution in [3.8, 4) is 0 Å². The van der Waals surface area contributed by atoms with Gasteiger partial charge in [0, 0.05) is 30.1 Å². The molecule has 0 radical (unpaired) electrons. The van der Waals surface area contributed by atoms with Crippen LogP contribution < -0.4 is 4.90 Å². The van der Waals surface area contributed by atoms with Crippen molar-refractivity contribution in [3.63, 3.8) is 0 Å². The van der Waals surface area contributed by atoms with Crippen molar-refractivity contribution < 1.29 is 4.92 Å². The Balaban J connectivity index is 1.72. The lowest BCUT2D eigenvalue weighted by Crippen LogP contribution is -2.19. The first-order valence-electron chi connectivity index (χ1n) is 8.89. The van der Waals surface area contributed by atoms with Crippen molar-refractivity contribution in [1.82, 2.24) is 15.0 Å². The number of hydrogen-bond acceptors (Lipinski definition) is 7. The zero-order chi connectivity index (χ0) is 20.2. The van der Waals surface area contributed by atoms with E-state index in [1.165, 1.54) is 18.1 Å². The SMILES string of the molecule is CN(Cc1ccccc1)c1ncnc(Sc2cccc3cccnc23)c1[N+](=O)[O-]. The highest BCUT2D eigenvalue weighted by Crippen LogP contribution is 2.39. The fourth-order valence-corrected chi connectivity index (χ4v) is 4.05. The van der Waals surface area contributed by atoms with E-state index in [1.807, 2.05) is 60.7 Å². The molecule has 0 fully saturated rings. The summed E-state index contributed by atoms with van der Waals surface area (Å²) >= 11 is 1.23. The van der Waals surface area contributed by atoms with Crippen LogP contribution in [0.2, 0.25) is 0 Å². The summed E-state index contributed by atoms with van der Waals surface area (Å²) in [4.78, 5) is 26.9. The monoisotopic (exact) mass is 403 g/mol. The van der Waals surface area contributed by atoms with Crippen LogP contribution in [-0.2, 0) is 6.54 Å². The molecule has 2 aromatic carbocycles. The molecule has 0 spiro atoms. The molecule has 8 heteroatoms. The second-order valence-electron chi connectivity index (χ2n) is 6.38. The Bertz CT molecular complexity index is 1160. The molecule has 2 aromatic heterocycles. The van der Waals surface area contributed by atoms with E-state index in [0.717, 1.165) is 21.4 Å². The molecule has 2 heterocycles. The van der Waals surface area contributed by atoms with Gasteiger partial charge in [0.15, 0.2) is 5.03 Å². The molecule has 0 aliphatic carbocycles. The lowest BCUT2D eigenvalue weighted by molar-refractivity contribution is -0.387. The number of hydrogen-bond donors (Lipinski definition) is 0. The number of anilines is 1. The number of benzene rings is 2. The molecule has 7 nitrogen and oxygen atoms in total. The van der Waals surface area contributed by atoms with Crippen LogP contribution in [0.3, 0.4) is 0 Å². The third-order valence-electron chi connectivity index (χ3n) is 4.38. The zero-order valence-electron chi connectivity index (χ0n) is 15.6. The Morgan fingerprint density at radius 2 is 1.79 bits per heavy atom. The first-order chi connectivity index (χ1) is 14.1. The number of fused-ring (bicyclic) bond motifs is 1. The van der Waals surface area contributed by atoms with Crippen LogP contribution in [0.1, 0.15) is 5.56 Å². The van der Waals surface area contributed by atoms with Gasteiger partial charge >= 0.3 is 5.69 Å². The normalized spacial score (nSPS) is 10.8. The summed E-state index contributed by atoms with van der Waals surface area (Å²) in [7, 11) is 1.79. The summed E-state index contributed by atoms with van der Waals surface area (Å²) in [5.41, 5.74) is 1.71. The van der Waals surface area contributed by atoms with E-state index in [9.17, 15) is 10.1 Å². The van der Waals surface area contributed by atoms with E-state index in [0.29, 0.717) is 6.54 Å². The van der Waals surface area contributed by atoms with Gasteiger partial charge in [-0.15, -0.1) is 0 Å². The summed E-state index contributed by atoms with van der Waals surface area (Å²) in [5, 5.41) is 13.2. The van der Waals surface area contributed by atoms with E-state index in [1.54, 1.807) is 18.1 Å². The molecule has 0 saturated carbocycles. The number of nitro groups is 1. The average molecular weight is 403 g/mol. The third kappa shape index (κ3) is 4.02. The second-order valence-corrected chi connectivity index (χ2v) is 7.41. The van der Waals surface area contributed by atoms with E-state index in [4.69, 9.17) is 0 Å². The van der Waals surface area contributed by atoms with Crippen molar-refractivity contribution in [3.05, 3.63) is 88.9 Å². The Hall–Kier alpha value is -3.52. The average Bonchev–Trinajstić information content (AvgIpc) is 2.74. The number of rotatable bonds is 6. The van der Waals surface area contributed by atoms with E-state index in [-0.39, 0.29) is 16.5 Å². The third-order valence-corrected chi connectivity index (χ3v) is 5.42. The minimum absolute atomic E-state index is 0.108. The van der Waals surface area contributed by atoms with Gasteiger partial charge in [-0.1, -0.05) is 60.3 Å². The van der Waals surface area contributed by atoms with Crippen molar-refractivity contribution in [2.45, 2.75) is 16.5 Å². The van der Waals surface area contributed by atoms with Gasteiger partial charge in [0.2, 0.25) is 5.82 Å². The van der Waals surface area contributed by atoms with Crippen LogP contribution in [-0.4, -0.2) is 26.9 Å². The van der Waals surface area contributed by atoms with Gasteiger partial charge in [-0.05, 0) is 17.7 Å². The molecule has 0 aliphatic rings. The smallest absolute Gasteiger partial charge is 0.343 e. The predicted molar refractivity (Wildman–Crippen MR) is 113 cm³/mol. The van der Waals surface area contributed by atoms with Crippen LogP contribution >= 0.6 is 11.8 Å². The zero-order valence-corrected chi connectivity index (χ0v) is 16.4. The van der Waals surface area contributed by atoms with E-state index in [2.05, 4.69) is 15.0 Å². The standard InChI is InChI=1S/C21H17N5O2S/c1-25(13-15-7-3-2-4-8-15)20-19(26(27)28)21(24-14-23-20)29-17-11-5-9-16-10-6-12-22-18(16)17/h2-12,14H,13H2,1H3. The molecule has 0 aliphatic heterocycles. The number of aromatic nitrogens is 3. The van der Waals surface area contributed by atoms with Crippen LogP contribution in [0.5, 0.6) is 0 Å². The fourth-order valence-electron chi connectivity index (χ4n) is 3.06. The minimum atomic E-state index is -0.419. The minimum Gasteiger partial charge on any atom is -0.349 e. The van der Waals surface area contributed by atoms with Gasteiger partial charge in [0.1, 0.15) is 6.33 Å². The molecule has 4 rings (SSSR count). The Kier molecular flexibility index (Phi) is 5.35. The highest BCUT2D eigenvalue weighted by Gasteiger charge is 2.26. The van der Waals surface area contributed by atoms with Crippen LogP contribution in [0.15, 0.2) is 83.1 Å². The van der Waals surface area contributed by atoms with Crippen LogP contribution in [0.4, 0.5) is 11.5 Å². The summed E-state index contributed by atoms with van der Waals surface area (Å²) in [6.45, 7) is 0.499. The van der Waals surface area contributed by atoms with Gasteiger partial charge in [-0.3, -0.25) is 15.1 Å². The maximum atomic E-state index is 11.9. The van der Waals surface area contributed by atoms with E-state index < -0.39 is 4.92 Å². The maximum absolute atomic E-state index is 11.9. The largest absolute Gasteiger partial charge is 0.349 e. The van der Waals surface area contributed by atoms with Crippen molar-refractivity contribution in [2.24, 2.45) is 0 Å². The molecule has 4 aromatic rings. The summed E-state index contributed by atoms with van der Waals surface area (Å²) in [6, 6.07) is 19.3. The lowest BCUT2D eigenvalue weighted by atomic mass is 10.2. The topological polar surface area (TPSA) is 85.0 Å². The fraction of sp³-hybridized carbons (Fsp3) is 0.0952. The molecule has 0 bridgehead atoms. The Labute approximate surface area is 171 Å². The molecule has 0 atom stereocenters. The lowest BCUT2D eigenvalue weighted by Gasteiger charge is -2.18. The second kappa shape index (κ2) is 8.24. The molecule has 0 amide bonds. The molecular weight excluding hydrogens is 386 g/mol. The van der Waals surface area contributed by atoms with Gasteiger partial charge in [-0.2, -0.15) is 0 Å². The quantitative estimate of drug-likeness (QED) is 0.262. The molecule has 29 heavy (non-hydrogen) atoms. The van der Waals surface area contributed by atoms with E-state index >= 15 is 0 Å². The van der Waals surface area contributed by atoms with Crippen LogP contribution in [0.25, 0.3) is 10.9 Å². The van der Waals surface area contributed by atoms with Gasteiger partial charge < -0.3 is 4.90 Å². The highest BCUT2D eigenvalue weighted by molar-refractivity contribution is 7.99. The molecule has 144 valence electrons. The van der Waals surface area contributed by atoms with Gasteiger partial charge in [-0.25, -0.2) is 9.97 Å². The number of nitrogens with zero attached hydrogens (tertiary/aromatic N) is 5. The van der Waals surface area contributed by atoms with Gasteiger partial charge in [0.25, 0.3) is 0 Å². The van der Waals surface area contributed by atoms with Crippen molar-refractivity contribution >= 4 is 34.2 Å².